The average Bonchev–Trinajstić information content (AvgIpc) is 2.86. The van der Waals surface area contributed by atoms with Crippen LogP contribution in [0.4, 0.5) is 0 Å². The van der Waals surface area contributed by atoms with Crippen molar-refractivity contribution >= 4 is 11.3 Å². The summed E-state index contributed by atoms with van der Waals surface area (Å²) in [6.45, 7) is 11.1. The number of nitrogens with zero attached hydrogens (tertiary/aromatic N) is 1. The maximum Gasteiger partial charge on any atom is 0.0944 e. The molecule has 1 heterocycles. The highest BCUT2D eigenvalue weighted by Gasteiger charge is 2.22. The minimum atomic E-state index is 0.132. The van der Waals surface area contributed by atoms with Crippen LogP contribution >= 0.6 is 11.3 Å². The minimum absolute atomic E-state index is 0.132. The molecule has 0 saturated heterocycles. The van der Waals surface area contributed by atoms with Crippen LogP contribution in [0.5, 0.6) is 0 Å². The molecule has 0 aromatic carbocycles. The molecule has 1 aromatic rings. The van der Waals surface area contributed by atoms with E-state index in [9.17, 15) is 0 Å². The third-order valence-corrected chi connectivity index (χ3v) is 4.82. The fourth-order valence-corrected chi connectivity index (χ4v) is 3.54. The van der Waals surface area contributed by atoms with Crippen molar-refractivity contribution in [2.45, 2.75) is 78.2 Å². The Balaban J connectivity index is 2.69. The number of nitrogens with two attached hydrogens (primary N) is 1. The van der Waals surface area contributed by atoms with Crippen molar-refractivity contribution in [3.8, 4) is 0 Å². The lowest BCUT2D eigenvalue weighted by Crippen LogP contribution is -2.42. The van der Waals surface area contributed by atoms with Crippen molar-refractivity contribution < 1.29 is 0 Å². The molecule has 0 bridgehead atoms. The van der Waals surface area contributed by atoms with Gasteiger partial charge in [-0.3, -0.25) is 11.3 Å². The molecule has 20 heavy (non-hydrogen) atoms. The zero-order valence-corrected chi connectivity index (χ0v) is 14.5. The lowest BCUT2D eigenvalue weighted by molar-refractivity contribution is 0.318. The second-order valence-corrected chi connectivity index (χ2v) is 7.61. The van der Waals surface area contributed by atoms with Gasteiger partial charge in [-0.2, -0.15) is 0 Å². The van der Waals surface area contributed by atoms with Gasteiger partial charge in [0.1, 0.15) is 0 Å². The Bertz CT molecular complexity index is 381. The van der Waals surface area contributed by atoms with Crippen LogP contribution in [0.15, 0.2) is 5.38 Å². The summed E-state index contributed by atoms with van der Waals surface area (Å²) in [7, 11) is 0. The van der Waals surface area contributed by atoms with Gasteiger partial charge in [-0.05, 0) is 12.3 Å². The first kappa shape index (κ1) is 17.6. The molecule has 1 rings (SSSR count). The normalized spacial score (nSPS) is 15.3. The van der Waals surface area contributed by atoms with Crippen molar-refractivity contribution in [2.24, 2.45) is 11.8 Å². The van der Waals surface area contributed by atoms with E-state index >= 15 is 0 Å². The second kappa shape index (κ2) is 8.11. The summed E-state index contributed by atoms with van der Waals surface area (Å²) in [5.41, 5.74) is 4.35. The molecule has 0 aliphatic heterocycles. The van der Waals surface area contributed by atoms with E-state index < -0.39 is 0 Å². The number of hydrogen-bond acceptors (Lipinski definition) is 4. The Kier molecular flexibility index (Phi) is 7.13. The van der Waals surface area contributed by atoms with Crippen molar-refractivity contribution in [1.82, 2.24) is 10.4 Å². The predicted molar refractivity (Wildman–Crippen MR) is 88.9 cm³/mol. The molecule has 0 aliphatic carbocycles. The largest absolute Gasteiger partial charge is 0.271 e. The van der Waals surface area contributed by atoms with Crippen LogP contribution in [0.3, 0.4) is 0 Å². The zero-order valence-electron chi connectivity index (χ0n) is 13.7. The van der Waals surface area contributed by atoms with E-state index in [2.05, 4.69) is 45.4 Å². The first-order valence-electron chi connectivity index (χ1n) is 7.83. The van der Waals surface area contributed by atoms with Crippen molar-refractivity contribution in [2.75, 3.05) is 0 Å². The van der Waals surface area contributed by atoms with Crippen LogP contribution in [-0.4, -0.2) is 11.0 Å². The Morgan fingerprint density at radius 3 is 2.50 bits per heavy atom. The van der Waals surface area contributed by atoms with E-state index in [4.69, 9.17) is 10.8 Å². The Morgan fingerprint density at radius 1 is 1.35 bits per heavy atom. The lowest BCUT2D eigenvalue weighted by Gasteiger charge is -2.25. The van der Waals surface area contributed by atoms with Gasteiger partial charge < -0.3 is 0 Å². The summed E-state index contributed by atoms with van der Waals surface area (Å²) in [5, 5.41) is 3.39. The summed E-state index contributed by atoms with van der Waals surface area (Å²) in [6.07, 6.45) is 5.90. The fraction of sp³-hybridized carbons (Fsp3) is 0.812. The quantitative estimate of drug-likeness (QED) is 0.562. The molecule has 0 saturated carbocycles. The lowest BCUT2D eigenvalue weighted by atomic mass is 9.90. The van der Waals surface area contributed by atoms with E-state index in [-0.39, 0.29) is 5.41 Å². The second-order valence-electron chi connectivity index (χ2n) is 6.66. The molecule has 3 N–H and O–H groups in total. The molecule has 0 fully saturated rings. The van der Waals surface area contributed by atoms with E-state index in [0.29, 0.717) is 12.0 Å². The molecule has 3 nitrogen and oxygen atoms in total. The average molecular weight is 298 g/mol. The molecule has 0 spiro atoms. The standard InChI is InChI=1S/C16H31N3S/c1-6-8-9-12(7-2)13(19-17)10-15-18-14(11-20-15)16(3,4)5/h11-13,19H,6-10,17H2,1-5H3. The summed E-state index contributed by atoms with van der Waals surface area (Å²) in [5.74, 6) is 6.43. The highest BCUT2D eigenvalue weighted by atomic mass is 32.1. The maximum absolute atomic E-state index is 5.79. The van der Waals surface area contributed by atoms with Gasteiger partial charge in [0.25, 0.3) is 0 Å². The number of thiazole rings is 1. The van der Waals surface area contributed by atoms with Gasteiger partial charge in [-0.1, -0.05) is 53.9 Å². The monoisotopic (exact) mass is 297 g/mol. The van der Waals surface area contributed by atoms with E-state index in [1.165, 1.54) is 36.4 Å². The molecule has 0 aliphatic rings. The van der Waals surface area contributed by atoms with Gasteiger partial charge in [0.15, 0.2) is 0 Å². The topological polar surface area (TPSA) is 50.9 Å². The van der Waals surface area contributed by atoms with Gasteiger partial charge in [0.2, 0.25) is 0 Å². The number of nitrogens with one attached hydrogen (secondary N) is 1. The van der Waals surface area contributed by atoms with Crippen LogP contribution < -0.4 is 11.3 Å². The molecule has 2 atom stereocenters. The fourth-order valence-electron chi connectivity index (χ4n) is 2.46. The molecular weight excluding hydrogens is 266 g/mol. The van der Waals surface area contributed by atoms with Crippen LogP contribution in [0, 0.1) is 5.92 Å². The molecule has 4 heteroatoms. The predicted octanol–water partition coefficient (Wildman–Crippen LogP) is 4.03. The molecule has 0 radical (unpaired) electrons. The molecule has 0 amide bonds. The smallest absolute Gasteiger partial charge is 0.0944 e. The molecule has 1 aromatic heterocycles. The number of aromatic nitrogens is 1. The third kappa shape index (κ3) is 5.15. The maximum atomic E-state index is 5.79. The SMILES string of the molecule is CCCCC(CC)C(Cc1nc(C(C)(C)C)cs1)NN. The Hall–Kier alpha value is -0.450. The first-order chi connectivity index (χ1) is 9.42. The minimum Gasteiger partial charge on any atom is -0.271 e. The van der Waals surface area contributed by atoms with E-state index in [1.54, 1.807) is 11.3 Å². The van der Waals surface area contributed by atoms with Gasteiger partial charge in [0.05, 0.1) is 10.7 Å². The van der Waals surface area contributed by atoms with Crippen LogP contribution in [-0.2, 0) is 11.8 Å². The van der Waals surface area contributed by atoms with Crippen LogP contribution in [0.1, 0.15) is 71.0 Å². The summed E-state index contributed by atoms with van der Waals surface area (Å²) < 4.78 is 0. The summed E-state index contributed by atoms with van der Waals surface area (Å²) in [4.78, 5) is 4.79. The Labute approximate surface area is 128 Å². The van der Waals surface area contributed by atoms with Gasteiger partial charge in [-0.25, -0.2) is 4.98 Å². The van der Waals surface area contributed by atoms with Crippen LogP contribution in [0.25, 0.3) is 0 Å². The molecular formula is C16H31N3S. The summed E-state index contributed by atoms with van der Waals surface area (Å²) >= 11 is 1.77. The zero-order chi connectivity index (χ0) is 15.2. The first-order valence-corrected chi connectivity index (χ1v) is 8.71. The van der Waals surface area contributed by atoms with Crippen molar-refractivity contribution in [1.29, 1.82) is 0 Å². The van der Waals surface area contributed by atoms with Gasteiger partial charge >= 0.3 is 0 Å². The Morgan fingerprint density at radius 2 is 2.05 bits per heavy atom. The van der Waals surface area contributed by atoms with E-state index in [0.717, 1.165) is 6.42 Å². The van der Waals surface area contributed by atoms with Gasteiger partial charge in [0, 0.05) is 23.3 Å². The third-order valence-electron chi connectivity index (χ3n) is 3.95. The van der Waals surface area contributed by atoms with Gasteiger partial charge in [-0.15, -0.1) is 11.3 Å². The number of rotatable bonds is 8. The highest BCUT2D eigenvalue weighted by Crippen LogP contribution is 2.26. The van der Waals surface area contributed by atoms with Crippen LogP contribution in [0.2, 0.25) is 0 Å². The molecule has 116 valence electrons. The number of hydrogen-bond donors (Lipinski definition) is 2. The number of hydrazine groups is 1. The summed E-state index contributed by atoms with van der Waals surface area (Å²) in [6, 6.07) is 0.338. The van der Waals surface area contributed by atoms with E-state index in [1.807, 2.05) is 0 Å². The highest BCUT2D eigenvalue weighted by molar-refractivity contribution is 7.09. The molecule has 2 unspecified atom stereocenters. The number of unbranched alkanes of at least 4 members (excludes halogenated alkanes) is 1. The van der Waals surface area contributed by atoms with Crippen molar-refractivity contribution in [3.05, 3.63) is 16.1 Å². The van der Waals surface area contributed by atoms with Crippen molar-refractivity contribution in [3.63, 3.8) is 0 Å².